The third kappa shape index (κ3) is 3.12. The largest absolute Gasteiger partial charge is 0.348 e. The fraction of sp³-hybridized carbons (Fsp3) is 0.600. The quantitative estimate of drug-likeness (QED) is 0.747. The predicted molar refractivity (Wildman–Crippen MR) is 107 cm³/mol. The Kier molecular flexibility index (Phi) is 4.28. The molecule has 0 radical (unpaired) electrons. The van der Waals surface area contributed by atoms with Crippen LogP contribution in [0.15, 0.2) is 61.2 Å². The standard InChI is InChI=1S/C25H32N2O2/c1-3-7-26(8-4-1)16-24(17-27-9-5-2-6-10-27)18-28-25(29-19-24)22-12-20-11-21(14-22)15-23(25)13-20/h1-10,20-23H,11-19H2/q+2. The summed E-state index contributed by atoms with van der Waals surface area (Å²) in [6.45, 7) is 3.37. The average molecular weight is 393 g/mol. The van der Waals surface area contributed by atoms with Crippen molar-refractivity contribution in [1.29, 1.82) is 0 Å². The molecule has 1 spiro atoms. The third-order valence-corrected chi connectivity index (χ3v) is 8.07. The first kappa shape index (κ1) is 18.0. The summed E-state index contributed by atoms with van der Waals surface area (Å²) < 4.78 is 18.3. The monoisotopic (exact) mass is 392 g/mol. The lowest BCUT2D eigenvalue weighted by atomic mass is 9.53. The van der Waals surface area contributed by atoms with Crippen molar-refractivity contribution in [3.8, 4) is 0 Å². The maximum Gasteiger partial charge on any atom is 0.173 e. The van der Waals surface area contributed by atoms with Crippen LogP contribution < -0.4 is 9.13 Å². The van der Waals surface area contributed by atoms with Crippen LogP contribution >= 0.6 is 0 Å². The Labute approximate surface area is 173 Å². The molecule has 1 aliphatic heterocycles. The lowest BCUT2D eigenvalue weighted by Gasteiger charge is -2.62. The molecule has 0 aromatic carbocycles. The zero-order valence-electron chi connectivity index (χ0n) is 17.2. The number of hydrogen-bond donors (Lipinski definition) is 0. The molecule has 4 bridgehead atoms. The van der Waals surface area contributed by atoms with Crippen LogP contribution in [0.3, 0.4) is 0 Å². The van der Waals surface area contributed by atoms with Crippen molar-refractivity contribution in [2.24, 2.45) is 29.1 Å². The van der Waals surface area contributed by atoms with E-state index in [1.54, 1.807) is 0 Å². The van der Waals surface area contributed by atoms with Gasteiger partial charge in [0, 0.05) is 36.1 Å². The maximum absolute atomic E-state index is 6.85. The van der Waals surface area contributed by atoms with Crippen LogP contribution in [0.5, 0.6) is 0 Å². The summed E-state index contributed by atoms with van der Waals surface area (Å²) in [5.41, 5.74) is -0.0576. The second-order valence-electron chi connectivity index (χ2n) is 10.2. The number of hydrogen-bond acceptors (Lipinski definition) is 2. The highest BCUT2D eigenvalue weighted by Gasteiger charge is 2.62. The molecule has 4 heteroatoms. The van der Waals surface area contributed by atoms with Crippen LogP contribution in [0.1, 0.15) is 32.1 Å². The van der Waals surface area contributed by atoms with E-state index in [9.17, 15) is 0 Å². The molecule has 0 amide bonds. The van der Waals surface area contributed by atoms with Crippen LogP contribution in [0, 0.1) is 29.1 Å². The molecule has 4 aliphatic carbocycles. The van der Waals surface area contributed by atoms with Crippen LogP contribution in [0.2, 0.25) is 0 Å². The van der Waals surface area contributed by atoms with Gasteiger partial charge in [-0.3, -0.25) is 0 Å². The van der Waals surface area contributed by atoms with Gasteiger partial charge in [-0.25, -0.2) is 9.13 Å². The average Bonchev–Trinajstić information content (AvgIpc) is 2.74. The molecule has 2 aromatic heterocycles. The molecule has 2 aromatic rings. The molecule has 3 heterocycles. The van der Waals surface area contributed by atoms with Crippen molar-refractivity contribution in [3.63, 3.8) is 0 Å². The summed E-state index contributed by atoms with van der Waals surface area (Å²) in [7, 11) is 0. The van der Waals surface area contributed by atoms with E-state index in [0.29, 0.717) is 11.8 Å². The van der Waals surface area contributed by atoms with Gasteiger partial charge in [0.2, 0.25) is 0 Å². The van der Waals surface area contributed by atoms with Crippen molar-refractivity contribution in [2.75, 3.05) is 13.2 Å². The second kappa shape index (κ2) is 6.88. The number of aromatic nitrogens is 2. The molecule has 152 valence electrons. The number of ether oxygens (including phenoxy) is 2. The first-order chi connectivity index (χ1) is 14.2. The fourth-order valence-electron chi connectivity index (χ4n) is 7.01. The summed E-state index contributed by atoms with van der Waals surface area (Å²) in [6.07, 6.45) is 15.4. The van der Waals surface area contributed by atoms with E-state index < -0.39 is 0 Å². The van der Waals surface area contributed by atoms with Gasteiger partial charge in [-0.2, -0.15) is 0 Å². The SMILES string of the molecule is c1cc[n+](CC2(C[n+]3ccccc3)COC3(OC2)C2CC4CC(C2)CC3C4)cc1. The number of nitrogens with zero attached hydrogens (tertiary/aromatic N) is 2. The topological polar surface area (TPSA) is 26.2 Å². The minimum absolute atomic E-state index is 0.0576. The van der Waals surface area contributed by atoms with E-state index in [0.717, 1.165) is 38.1 Å². The predicted octanol–water partition coefficient (Wildman–Crippen LogP) is 3.15. The van der Waals surface area contributed by atoms with E-state index in [2.05, 4.69) is 70.3 Å². The van der Waals surface area contributed by atoms with Crippen LogP contribution in [0.4, 0.5) is 0 Å². The zero-order valence-corrected chi connectivity index (χ0v) is 17.2. The molecule has 7 rings (SSSR count). The molecular formula is C25H32N2O2+2. The summed E-state index contributed by atoms with van der Waals surface area (Å²) in [5, 5.41) is 0. The van der Waals surface area contributed by atoms with E-state index in [1.165, 1.54) is 32.1 Å². The molecule has 1 saturated heterocycles. The van der Waals surface area contributed by atoms with Crippen molar-refractivity contribution < 1.29 is 18.6 Å². The van der Waals surface area contributed by atoms with Gasteiger partial charge in [0.25, 0.3) is 0 Å². The summed E-state index contributed by atoms with van der Waals surface area (Å²) >= 11 is 0. The van der Waals surface area contributed by atoms with Gasteiger partial charge in [0.1, 0.15) is 5.41 Å². The maximum atomic E-state index is 6.85. The Morgan fingerprint density at radius 2 is 1.07 bits per heavy atom. The Morgan fingerprint density at radius 1 is 0.621 bits per heavy atom. The molecule has 29 heavy (non-hydrogen) atoms. The third-order valence-electron chi connectivity index (χ3n) is 8.07. The summed E-state index contributed by atoms with van der Waals surface area (Å²) in [6, 6.07) is 12.6. The number of pyridine rings is 2. The smallest absolute Gasteiger partial charge is 0.173 e. The van der Waals surface area contributed by atoms with E-state index in [-0.39, 0.29) is 11.2 Å². The lowest BCUT2D eigenvalue weighted by Crippen LogP contribution is -2.67. The molecule has 4 saturated carbocycles. The lowest BCUT2D eigenvalue weighted by molar-refractivity contribution is -0.753. The van der Waals surface area contributed by atoms with Crippen molar-refractivity contribution >= 4 is 0 Å². The Bertz CT molecular complexity index is 772. The van der Waals surface area contributed by atoms with Crippen molar-refractivity contribution in [1.82, 2.24) is 0 Å². The number of rotatable bonds is 4. The molecule has 4 nitrogen and oxygen atoms in total. The summed E-state index contributed by atoms with van der Waals surface area (Å²) in [4.78, 5) is 0. The van der Waals surface area contributed by atoms with Gasteiger partial charge < -0.3 is 9.47 Å². The minimum atomic E-state index is -0.292. The second-order valence-corrected chi connectivity index (χ2v) is 10.2. The van der Waals surface area contributed by atoms with E-state index in [1.807, 2.05) is 0 Å². The Balaban J connectivity index is 1.27. The van der Waals surface area contributed by atoms with Crippen LogP contribution in [0.25, 0.3) is 0 Å². The van der Waals surface area contributed by atoms with Gasteiger partial charge in [-0.05, 0) is 43.9 Å². The molecule has 5 fully saturated rings. The molecule has 0 N–H and O–H groups in total. The minimum Gasteiger partial charge on any atom is -0.348 e. The van der Waals surface area contributed by atoms with Gasteiger partial charge in [0.15, 0.2) is 43.7 Å². The van der Waals surface area contributed by atoms with Gasteiger partial charge >= 0.3 is 0 Å². The van der Waals surface area contributed by atoms with E-state index >= 15 is 0 Å². The normalized spacial score (nSPS) is 33.8. The van der Waals surface area contributed by atoms with Crippen molar-refractivity contribution in [2.45, 2.75) is 51.0 Å². The van der Waals surface area contributed by atoms with Gasteiger partial charge in [-0.1, -0.05) is 12.1 Å². The van der Waals surface area contributed by atoms with Crippen LogP contribution in [-0.4, -0.2) is 19.0 Å². The van der Waals surface area contributed by atoms with Crippen LogP contribution in [-0.2, 0) is 22.6 Å². The Hall–Kier alpha value is -1.78. The molecule has 0 unspecified atom stereocenters. The first-order valence-electron chi connectivity index (χ1n) is 11.4. The molecule has 5 aliphatic rings. The molecular weight excluding hydrogens is 360 g/mol. The zero-order chi connectivity index (χ0) is 19.3. The summed E-state index contributed by atoms with van der Waals surface area (Å²) in [5.74, 6) is 2.80. The Morgan fingerprint density at radius 3 is 1.52 bits per heavy atom. The van der Waals surface area contributed by atoms with Gasteiger partial charge in [0.05, 0.1) is 13.2 Å². The molecule has 0 atom stereocenters. The highest BCUT2D eigenvalue weighted by atomic mass is 16.7. The fourth-order valence-corrected chi connectivity index (χ4v) is 7.01. The first-order valence-corrected chi connectivity index (χ1v) is 11.4. The van der Waals surface area contributed by atoms with Crippen molar-refractivity contribution in [3.05, 3.63) is 61.2 Å². The highest BCUT2D eigenvalue weighted by Crippen LogP contribution is 2.61. The van der Waals surface area contributed by atoms with E-state index in [4.69, 9.17) is 9.47 Å². The van der Waals surface area contributed by atoms with Gasteiger partial charge in [-0.15, -0.1) is 0 Å². The highest BCUT2D eigenvalue weighted by molar-refractivity contribution is 5.05.